The van der Waals surface area contributed by atoms with E-state index in [0.29, 0.717) is 28.3 Å². The van der Waals surface area contributed by atoms with Crippen LogP contribution in [0.4, 0.5) is 0 Å². The summed E-state index contributed by atoms with van der Waals surface area (Å²) in [5.74, 6) is -0.140. The monoisotopic (exact) mass is 516 g/mol. The summed E-state index contributed by atoms with van der Waals surface area (Å²) >= 11 is 3.10. The largest absolute Gasteiger partial charge is 0.456 e. The summed E-state index contributed by atoms with van der Waals surface area (Å²) in [6.45, 7) is 3.71. The van der Waals surface area contributed by atoms with Crippen LogP contribution in [-0.4, -0.2) is 42.2 Å². The molecule has 1 aliphatic heterocycles. The summed E-state index contributed by atoms with van der Waals surface area (Å²) in [6, 6.07) is 10.5. The van der Waals surface area contributed by atoms with E-state index >= 15 is 0 Å². The molecular weight excluding hydrogens is 496 g/mol. The Morgan fingerprint density at radius 1 is 1.09 bits per heavy atom. The number of carbonyl (C=O) groups excluding carboxylic acids is 3. The Morgan fingerprint density at radius 3 is 2.64 bits per heavy atom. The second-order valence-corrected chi connectivity index (χ2v) is 8.21. The molecule has 0 atom stereocenters. The molecule has 0 aliphatic carbocycles. The molecule has 4 rings (SSSR count). The van der Waals surface area contributed by atoms with E-state index < -0.39 is 18.5 Å². The number of halogens is 1. The van der Waals surface area contributed by atoms with Gasteiger partial charge in [0.2, 0.25) is 12.6 Å². The van der Waals surface area contributed by atoms with Gasteiger partial charge in [-0.3, -0.25) is 14.4 Å². The van der Waals surface area contributed by atoms with Crippen molar-refractivity contribution in [3.63, 3.8) is 0 Å². The average Bonchev–Trinajstić information content (AvgIpc) is 3.51. The van der Waals surface area contributed by atoms with Crippen molar-refractivity contribution in [2.45, 2.75) is 20.4 Å². The number of ether oxygens (including phenoxy) is 3. The van der Waals surface area contributed by atoms with Gasteiger partial charge in [0.25, 0.3) is 5.91 Å². The molecule has 9 nitrogen and oxygen atoms in total. The number of hydrogen-bond donors (Lipinski definition) is 1. The molecule has 1 N–H and O–H groups in total. The predicted octanol–water partition coefficient (Wildman–Crippen LogP) is 3.39. The Bertz CT molecular complexity index is 1230. The van der Waals surface area contributed by atoms with Crippen LogP contribution in [0.2, 0.25) is 0 Å². The summed E-state index contributed by atoms with van der Waals surface area (Å²) in [5.41, 5.74) is 3.15. The van der Waals surface area contributed by atoms with Gasteiger partial charge in [0.15, 0.2) is 28.5 Å². The van der Waals surface area contributed by atoms with E-state index in [0.717, 1.165) is 17.0 Å². The topological polar surface area (TPSA) is 109 Å². The number of amides is 1. The van der Waals surface area contributed by atoms with Crippen molar-refractivity contribution in [3.8, 4) is 11.5 Å². The molecule has 1 aliphatic rings. The second kappa shape index (κ2) is 9.53. The Morgan fingerprint density at radius 2 is 1.88 bits per heavy atom. The minimum atomic E-state index is -0.725. The number of Topliss-reactive ketones (excluding diaryl/α,β-unsaturated/α-hetero) is 1. The molecule has 2 aromatic heterocycles. The van der Waals surface area contributed by atoms with Crippen molar-refractivity contribution in [1.29, 1.82) is 0 Å². The van der Waals surface area contributed by atoms with Crippen LogP contribution >= 0.6 is 15.9 Å². The number of aryl methyl sites for hydroxylation is 1. The zero-order valence-corrected chi connectivity index (χ0v) is 19.6. The fraction of sp³-hybridized carbons (Fsp3) is 0.261. The van der Waals surface area contributed by atoms with Gasteiger partial charge in [0, 0.05) is 23.5 Å². The highest BCUT2D eigenvalue weighted by molar-refractivity contribution is 9.10. The number of esters is 1. The van der Waals surface area contributed by atoms with Gasteiger partial charge >= 0.3 is 5.97 Å². The van der Waals surface area contributed by atoms with Gasteiger partial charge in [-0.25, -0.2) is 0 Å². The molecule has 1 aromatic carbocycles. The molecule has 0 saturated carbocycles. The van der Waals surface area contributed by atoms with Gasteiger partial charge in [0.05, 0.1) is 0 Å². The lowest BCUT2D eigenvalue weighted by Gasteiger charge is -2.11. The highest BCUT2D eigenvalue weighted by Gasteiger charge is 2.19. The first kappa shape index (κ1) is 22.7. The lowest BCUT2D eigenvalue weighted by Crippen LogP contribution is -2.31. The highest BCUT2D eigenvalue weighted by atomic mass is 79.9. The van der Waals surface area contributed by atoms with Crippen molar-refractivity contribution >= 4 is 33.6 Å². The number of ketones is 1. The number of benzene rings is 1. The average molecular weight is 517 g/mol. The first-order valence-electron chi connectivity index (χ1n) is 10.1. The van der Waals surface area contributed by atoms with Crippen molar-refractivity contribution in [2.24, 2.45) is 0 Å². The van der Waals surface area contributed by atoms with Gasteiger partial charge < -0.3 is 28.5 Å². The summed E-state index contributed by atoms with van der Waals surface area (Å²) < 4.78 is 23.3. The zero-order valence-electron chi connectivity index (χ0n) is 18.0. The third kappa shape index (κ3) is 5.11. The standard InChI is InChI=1S/C23H21BrN2O7/c1-13-7-16(14(2)26(13)10-15-3-4-18-20(8-15)32-12-31-18)17(27)11-30-22(28)9-25-23(29)19-5-6-21(24)33-19/h3-8H,9-12H2,1-2H3,(H,25,29). The number of rotatable bonds is 8. The number of nitrogens with zero attached hydrogens (tertiary/aromatic N) is 1. The van der Waals surface area contributed by atoms with Crippen LogP contribution in [0.1, 0.15) is 37.9 Å². The number of fused-ring (bicyclic) bond motifs is 1. The molecule has 1 amide bonds. The Hall–Kier alpha value is -3.53. The van der Waals surface area contributed by atoms with E-state index in [1.807, 2.05) is 36.6 Å². The first-order chi connectivity index (χ1) is 15.8. The number of aromatic nitrogens is 1. The lowest BCUT2D eigenvalue weighted by atomic mass is 10.1. The van der Waals surface area contributed by atoms with Crippen molar-refractivity contribution < 1.29 is 33.0 Å². The van der Waals surface area contributed by atoms with Crippen molar-refractivity contribution in [3.05, 3.63) is 69.3 Å². The lowest BCUT2D eigenvalue weighted by molar-refractivity contribution is -0.141. The molecule has 10 heteroatoms. The van der Waals surface area contributed by atoms with E-state index in [1.54, 1.807) is 12.1 Å². The first-order valence-corrected chi connectivity index (χ1v) is 10.9. The van der Waals surface area contributed by atoms with Gasteiger partial charge in [0.1, 0.15) is 6.54 Å². The Balaban J connectivity index is 1.33. The van der Waals surface area contributed by atoms with Crippen LogP contribution in [0.15, 0.2) is 45.5 Å². The molecule has 3 aromatic rings. The highest BCUT2D eigenvalue weighted by Crippen LogP contribution is 2.33. The summed E-state index contributed by atoms with van der Waals surface area (Å²) in [5, 5.41) is 2.38. The summed E-state index contributed by atoms with van der Waals surface area (Å²) in [7, 11) is 0. The van der Waals surface area contributed by atoms with Crippen LogP contribution in [0, 0.1) is 13.8 Å². The molecule has 0 radical (unpaired) electrons. The quantitative estimate of drug-likeness (QED) is 0.361. The normalized spacial score (nSPS) is 12.0. The number of carbonyl (C=O) groups is 3. The van der Waals surface area contributed by atoms with Crippen LogP contribution in [0.5, 0.6) is 11.5 Å². The predicted molar refractivity (Wildman–Crippen MR) is 120 cm³/mol. The smallest absolute Gasteiger partial charge is 0.325 e. The minimum Gasteiger partial charge on any atom is -0.456 e. The van der Waals surface area contributed by atoms with Gasteiger partial charge in [-0.1, -0.05) is 6.07 Å². The molecule has 0 unspecified atom stereocenters. The van der Waals surface area contributed by atoms with E-state index in [4.69, 9.17) is 18.6 Å². The van der Waals surface area contributed by atoms with E-state index in [2.05, 4.69) is 21.2 Å². The van der Waals surface area contributed by atoms with E-state index in [9.17, 15) is 14.4 Å². The fourth-order valence-corrected chi connectivity index (χ4v) is 3.81. The summed E-state index contributed by atoms with van der Waals surface area (Å²) in [4.78, 5) is 36.5. The second-order valence-electron chi connectivity index (χ2n) is 7.43. The van der Waals surface area contributed by atoms with Crippen LogP contribution < -0.4 is 14.8 Å². The number of nitrogens with one attached hydrogen (secondary N) is 1. The molecule has 0 fully saturated rings. The third-order valence-corrected chi connectivity index (χ3v) is 5.63. The molecular formula is C23H21BrN2O7. The maximum absolute atomic E-state index is 12.7. The van der Waals surface area contributed by atoms with E-state index in [1.165, 1.54) is 6.07 Å². The molecule has 172 valence electrons. The zero-order chi connectivity index (χ0) is 23.5. The maximum Gasteiger partial charge on any atom is 0.325 e. The Labute approximate surface area is 197 Å². The van der Waals surface area contributed by atoms with Crippen LogP contribution in [0.3, 0.4) is 0 Å². The maximum atomic E-state index is 12.7. The van der Waals surface area contributed by atoms with E-state index in [-0.39, 0.29) is 24.9 Å². The summed E-state index contributed by atoms with van der Waals surface area (Å²) in [6.07, 6.45) is 0. The molecule has 3 heterocycles. The Kier molecular flexibility index (Phi) is 6.55. The minimum absolute atomic E-state index is 0.0562. The molecule has 0 saturated heterocycles. The van der Waals surface area contributed by atoms with Crippen LogP contribution in [-0.2, 0) is 16.1 Å². The van der Waals surface area contributed by atoms with Crippen molar-refractivity contribution in [2.75, 3.05) is 19.9 Å². The molecule has 0 bridgehead atoms. The third-order valence-electron chi connectivity index (χ3n) is 5.21. The van der Waals surface area contributed by atoms with Gasteiger partial charge in [-0.05, 0) is 65.7 Å². The SMILES string of the molecule is Cc1cc(C(=O)COC(=O)CNC(=O)c2ccc(Br)o2)c(C)n1Cc1ccc2c(c1)OCO2. The number of furan rings is 1. The van der Waals surface area contributed by atoms with Gasteiger partial charge in [-0.15, -0.1) is 0 Å². The van der Waals surface area contributed by atoms with Crippen LogP contribution in [0.25, 0.3) is 0 Å². The van der Waals surface area contributed by atoms with Crippen molar-refractivity contribution in [1.82, 2.24) is 9.88 Å². The van der Waals surface area contributed by atoms with Gasteiger partial charge in [-0.2, -0.15) is 0 Å². The number of hydrogen-bond acceptors (Lipinski definition) is 7. The fourth-order valence-electron chi connectivity index (χ4n) is 3.50. The molecule has 33 heavy (non-hydrogen) atoms. The molecule has 0 spiro atoms.